The summed E-state index contributed by atoms with van der Waals surface area (Å²) in [6.45, 7) is -1.02. The highest BCUT2D eigenvalue weighted by Gasteiger charge is 2.10. The number of rotatable bonds is 5. The van der Waals surface area contributed by atoms with Gasteiger partial charge in [-0.3, -0.25) is 5.32 Å². The molecule has 0 aliphatic carbocycles. The summed E-state index contributed by atoms with van der Waals surface area (Å²) in [6, 6.07) is 3.90. The minimum Gasteiger partial charge on any atom is -0.445 e. The van der Waals surface area contributed by atoms with E-state index in [0.29, 0.717) is 5.69 Å². The maximum atomic E-state index is 12.0. The van der Waals surface area contributed by atoms with E-state index in [0.717, 1.165) is 0 Å². The minimum absolute atomic E-state index is 0.0356. The van der Waals surface area contributed by atoms with E-state index in [1.807, 2.05) is 0 Å². The second-order valence-electron chi connectivity index (χ2n) is 3.32. The molecule has 0 aliphatic rings. The molecular weight excluding hydrogens is 280 g/mol. The van der Waals surface area contributed by atoms with Gasteiger partial charge < -0.3 is 9.47 Å². The van der Waals surface area contributed by atoms with Gasteiger partial charge in [-0.15, -0.1) is 0 Å². The van der Waals surface area contributed by atoms with Gasteiger partial charge in [-0.2, -0.15) is 8.78 Å². The highest BCUT2D eigenvalue weighted by molar-refractivity contribution is 6.32. The summed E-state index contributed by atoms with van der Waals surface area (Å²) in [5.41, 5.74) is 0.317. The maximum absolute atomic E-state index is 12.0. The molecule has 4 nitrogen and oxygen atoms in total. The zero-order valence-electron chi connectivity index (χ0n) is 10.0. The SMILES string of the molecule is C/C=C/COC(=O)Nc1ccc(OC(F)F)c(Cl)c1. The lowest BCUT2D eigenvalue weighted by molar-refractivity contribution is -0.0497. The molecule has 0 fully saturated rings. The van der Waals surface area contributed by atoms with E-state index in [2.05, 4.69) is 10.1 Å². The van der Waals surface area contributed by atoms with Crippen LogP contribution in [0.4, 0.5) is 19.3 Å². The van der Waals surface area contributed by atoms with Crippen LogP contribution < -0.4 is 10.1 Å². The molecular formula is C12H12ClF2NO3. The predicted octanol–water partition coefficient (Wildman–Crippen LogP) is 4.07. The molecule has 1 aromatic carbocycles. The van der Waals surface area contributed by atoms with Gasteiger partial charge in [0.1, 0.15) is 12.4 Å². The van der Waals surface area contributed by atoms with Gasteiger partial charge in [0.25, 0.3) is 0 Å². The Morgan fingerprint density at radius 3 is 2.84 bits per heavy atom. The van der Waals surface area contributed by atoms with Crippen LogP contribution in [0.25, 0.3) is 0 Å². The number of amides is 1. The van der Waals surface area contributed by atoms with Crippen molar-refractivity contribution in [2.45, 2.75) is 13.5 Å². The van der Waals surface area contributed by atoms with E-state index in [1.165, 1.54) is 18.2 Å². The van der Waals surface area contributed by atoms with Crippen molar-refractivity contribution in [3.63, 3.8) is 0 Å². The molecule has 104 valence electrons. The van der Waals surface area contributed by atoms with Crippen molar-refractivity contribution in [1.29, 1.82) is 0 Å². The van der Waals surface area contributed by atoms with Gasteiger partial charge in [0.05, 0.1) is 5.02 Å². The van der Waals surface area contributed by atoms with Crippen LogP contribution in [0.5, 0.6) is 5.75 Å². The third-order valence-corrected chi connectivity index (χ3v) is 2.24. The summed E-state index contributed by atoms with van der Waals surface area (Å²) in [6.07, 6.45) is 2.73. The molecule has 0 radical (unpaired) electrons. The fraction of sp³-hybridized carbons (Fsp3) is 0.250. The van der Waals surface area contributed by atoms with E-state index in [9.17, 15) is 13.6 Å². The summed E-state index contributed by atoms with van der Waals surface area (Å²) in [4.78, 5) is 11.3. The zero-order valence-corrected chi connectivity index (χ0v) is 10.8. The number of hydrogen-bond donors (Lipinski definition) is 1. The van der Waals surface area contributed by atoms with Gasteiger partial charge in [-0.05, 0) is 25.1 Å². The molecule has 1 rings (SSSR count). The normalized spacial score (nSPS) is 10.8. The summed E-state index contributed by atoms with van der Waals surface area (Å²) in [7, 11) is 0. The molecule has 0 aromatic heterocycles. The average Bonchev–Trinajstić information content (AvgIpc) is 2.32. The fourth-order valence-corrected chi connectivity index (χ4v) is 1.37. The Morgan fingerprint density at radius 1 is 1.53 bits per heavy atom. The Morgan fingerprint density at radius 2 is 2.26 bits per heavy atom. The van der Waals surface area contributed by atoms with Crippen LogP contribution in [0.1, 0.15) is 6.92 Å². The van der Waals surface area contributed by atoms with Gasteiger partial charge in [0.2, 0.25) is 0 Å². The van der Waals surface area contributed by atoms with E-state index in [-0.39, 0.29) is 17.4 Å². The summed E-state index contributed by atoms with van der Waals surface area (Å²) < 4.78 is 33.0. The summed E-state index contributed by atoms with van der Waals surface area (Å²) in [5, 5.41) is 2.36. The molecule has 0 atom stereocenters. The van der Waals surface area contributed by atoms with Crippen LogP contribution in [0.15, 0.2) is 30.4 Å². The van der Waals surface area contributed by atoms with Crippen LogP contribution in [0.3, 0.4) is 0 Å². The molecule has 0 heterocycles. The van der Waals surface area contributed by atoms with Crippen LogP contribution in [-0.2, 0) is 4.74 Å². The Hall–Kier alpha value is -1.82. The second kappa shape index (κ2) is 7.58. The number of benzene rings is 1. The molecule has 0 bridgehead atoms. The van der Waals surface area contributed by atoms with E-state index in [4.69, 9.17) is 16.3 Å². The molecule has 0 spiro atoms. The number of carbonyl (C=O) groups is 1. The average molecular weight is 292 g/mol. The number of allylic oxidation sites excluding steroid dienone is 1. The lowest BCUT2D eigenvalue weighted by atomic mass is 10.3. The van der Waals surface area contributed by atoms with Gasteiger partial charge in [0.15, 0.2) is 0 Å². The van der Waals surface area contributed by atoms with Crippen molar-refractivity contribution in [2.75, 3.05) is 11.9 Å². The Balaban J connectivity index is 2.60. The van der Waals surface area contributed by atoms with Crippen molar-refractivity contribution < 1.29 is 23.0 Å². The van der Waals surface area contributed by atoms with Gasteiger partial charge in [-0.25, -0.2) is 4.79 Å². The second-order valence-corrected chi connectivity index (χ2v) is 3.72. The lowest BCUT2D eigenvalue weighted by Crippen LogP contribution is -2.13. The number of nitrogens with one attached hydrogen (secondary N) is 1. The highest BCUT2D eigenvalue weighted by atomic mass is 35.5. The Bertz CT molecular complexity index is 466. The highest BCUT2D eigenvalue weighted by Crippen LogP contribution is 2.28. The fourth-order valence-electron chi connectivity index (χ4n) is 1.14. The number of anilines is 1. The smallest absolute Gasteiger partial charge is 0.411 e. The first-order chi connectivity index (χ1) is 9.02. The third kappa shape index (κ3) is 5.56. The first kappa shape index (κ1) is 15.2. The first-order valence-electron chi connectivity index (χ1n) is 5.32. The monoisotopic (exact) mass is 291 g/mol. The summed E-state index contributed by atoms with van der Waals surface area (Å²) >= 11 is 5.72. The number of carbonyl (C=O) groups excluding carboxylic acids is 1. The van der Waals surface area contributed by atoms with Gasteiger partial charge >= 0.3 is 12.7 Å². The topological polar surface area (TPSA) is 47.6 Å². The standard InChI is InChI=1S/C12H12ClF2NO3/c1-2-3-6-18-12(17)16-8-4-5-10(9(13)7-8)19-11(14)15/h2-5,7,11H,6H2,1H3,(H,16,17)/b3-2+. The van der Waals surface area contributed by atoms with Crippen LogP contribution in [0, 0.1) is 0 Å². The maximum Gasteiger partial charge on any atom is 0.411 e. The third-order valence-electron chi connectivity index (χ3n) is 1.94. The molecule has 0 unspecified atom stereocenters. The van der Waals surface area contributed by atoms with Crippen molar-refractivity contribution >= 4 is 23.4 Å². The molecule has 19 heavy (non-hydrogen) atoms. The Kier molecular flexibility index (Phi) is 6.08. The molecule has 1 N–H and O–H groups in total. The van der Waals surface area contributed by atoms with E-state index in [1.54, 1.807) is 19.1 Å². The lowest BCUT2D eigenvalue weighted by Gasteiger charge is -2.09. The van der Waals surface area contributed by atoms with E-state index < -0.39 is 12.7 Å². The number of hydrogen-bond acceptors (Lipinski definition) is 3. The van der Waals surface area contributed by atoms with Gasteiger partial charge in [-0.1, -0.05) is 23.8 Å². The number of ether oxygens (including phenoxy) is 2. The Labute approximate surface area is 114 Å². The van der Waals surface area contributed by atoms with Crippen molar-refractivity contribution in [2.24, 2.45) is 0 Å². The van der Waals surface area contributed by atoms with Crippen LogP contribution in [0.2, 0.25) is 5.02 Å². The van der Waals surface area contributed by atoms with Crippen molar-refractivity contribution in [3.8, 4) is 5.75 Å². The van der Waals surface area contributed by atoms with Crippen molar-refractivity contribution in [3.05, 3.63) is 35.4 Å². The van der Waals surface area contributed by atoms with Crippen LogP contribution in [-0.4, -0.2) is 19.3 Å². The molecule has 0 saturated heterocycles. The minimum atomic E-state index is -2.96. The molecule has 0 saturated carbocycles. The molecule has 1 amide bonds. The predicted molar refractivity (Wildman–Crippen MR) is 67.9 cm³/mol. The number of alkyl halides is 2. The zero-order chi connectivity index (χ0) is 14.3. The first-order valence-corrected chi connectivity index (χ1v) is 5.70. The molecule has 1 aromatic rings. The van der Waals surface area contributed by atoms with Crippen LogP contribution >= 0.6 is 11.6 Å². The molecule has 7 heteroatoms. The van der Waals surface area contributed by atoms with Gasteiger partial charge in [0, 0.05) is 5.69 Å². The van der Waals surface area contributed by atoms with E-state index >= 15 is 0 Å². The number of halogens is 3. The van der Waals surface area contributed by atoms with Crippen molar-refractivity contribution in [1.82, 2.24) is 0 Å². The molecule has 0 aliphatic heterocycles. The summed E-state index contributed by atoms with van der Waals surface area (Å²) in [5.74, 6) is -0.162. The largest absolute Gasteiger partial charge is 0.445 e. The quantitative estimate of drug-likeness (QED) is 0.832.